The Bertz CT molecular complexity index is 1190. The summed E-state index contributed by atoms with van der Waals surface area (Å²) in [6.07, 6.45) is 12.5. The SMILES string of the molecule is CCCCCCCCCCCCNc1ccc2nc3c(=O)[nH]c(=O)nc-3n(CCCOCC(O)CO)c2c1. The van der Waals surface area contributed by atoms with Crippen molar-refractivity contribution in [1.82, 2.24) is 19.5 Å². The Hall–Kier alpha value is -2.82. The van der Waals surface area contributed by atoms with Crippen molar-refractivity contribution in [2.24, 2.45) is 0 Å². The quantitative estimate of drug-likeness (QED) is 0.136. The molecule has 2 heterocycles. The van der Waals surface area contributed by atoms with Crippen molar-refractivity contribution < 1.29 is 14.9 Å². The summed E-state index contributed by atoms with van der Waals surface area (Å²) in [6.45, 7) is 3.56. The highest BCUT2D eigenvalue weighted by atomic mass is 16.5. The third-order valence-electron chi connectivity index (χ3n) is 6.66. The number of H-pyrrole nitrogens is 1. The van der Waals surface area contributed by atoms with Crippen LogP contribution in [0.2, 0.25) is 0 Å². The number of fused-ring (bicyclic) bond motifs is 2. The monoisotopic (exact) mass is 529 g/mol. The van der Waals surface area contributed by atoms with Gasteiger partial charge in [0.25, 0.3) is 5.56 Å². The molecular weight excluding hydrogens is 486 g/mol. The Morgan fingerprint density at radius 1 is 1.00 bits per heavy atom. The molecule has 1 aromatic rings. The Balaban J connectivity index is 1.61. The molecule has 0 bridgehead atoms. The van der Waals surface area contributed by atoms with Crippen LogP contribution in [0.4, 0.5) is 5.69 Å². The lowest BCUT2D eigenvalue weighted by molar-refractivity contribution is 0.00503. The predicted octanol–water partition coefficient (Wildman–Crippen LogP) is 3.68. The molecule has 0 fully saturated rings. The number of hydrogen-bond donors (Lipinski definition) is 4. The van der Waals surface area contributed by atoms with E-state index >= 15 is 0 Å². The smallest absolute Gasteiger partial charge is 0.349 e. The van der Waals surface area contributed by atoms with Gasteiger partial charge in [0.1, 0.15) is 6.10 Å². The van der Waals surface area contributed by atoms with Gasteiger partial charge in [-0.25, -0.2) is 9.78 Å². The summed E-state index contributed by atoms with van der Waals surface area (Å²) in [4.78, 5) is 35.1. The molecule has 0 amide bonds. The molecule has 2 aliphatic rings. The molecule has 0 saturated carbocycles. The number of aromatic nitrogens is 4. The molecule has 4 N–H and O–H groups in total. The highest BCUT2D eigenvalue weighted by molar-refractivity contribution is 5.82. The minimum absolute atomic E-state index is 0.0364. The number of benzene rings is 1. The molecule has 10 heteroatoms. The molecule has 0 aliphatic carbocycles. The molecule has 10 nitrogen and oxygen atoms in total. The van der Waals surface area contributed by atoms with E-state index in [0.29, 0.717) is 25.1 Å². The van der Waals surface area contributed by atoms with Crippen LogP contribution in [-0.4, -0.2) is 62.2 Å². The van der Waals surface area contributed by atoms with Crippen molar-refractivity contribution >= 4 is 16.7 Å². The van der Waals surface area contributed by atoms with Crippen molar-refractivity contribution in [3.63, 3.8) is 0 Å². The fourth-order valence-electron chi connectivity index (χ4n) is 4.57. The second-order valence-corrected chi connectivity index (χ2v) is 9.88. The second kappa shape index (κ2) is 16.2. The van der Waals surface area contributed by atoms with Crippen LogP contribution >= 0.6 is 0 Å². The third-order valence-corrected chi connectivity index (χ3v) is 6.66. The first-order valence-electron chi connectivity index (χ1n) is 14.1. The summed E-state index contributed by atoms with van der Waals surface area (Å²) in [6, 6.07) is 5.79. The molecule has 2 aliphatic heterocycles. The normalized spacial score (nSPS) is 12.4. The fourth-order valence-corrected chi connectivity index (χ4v) is 4.57. The van der Waals surface area contributed by atoms with Crippen molar-refractivity contribution in [2.75, 3.05) is 31.7 Å². The Labute approximate surface area is 223 Å². The zero-order valence-corrected chi connectivity index (χ0v) is 22.6. The lowest BCUT2D eigenvalue weighted by Gasteiger charge is -2.18. The van der Waals surface area contributed by atoms with Gasteiger partial charge in [0.05, 0.1) is 24.2 Å². The van der Waals surface area contributed by atoms with Gasteiger partial charge in [-0.3, -0.25) is 9.78 Å². The molecule has 0 radical (unpaired) electrons. The molecule has 3 rings (SSSR count). The van der Waals surface area contributed by atoms with Gasteiger partial charge >= 0.3 is 5.69 Å². The van der Waals surface area contributed by atoms with Gasteiger partial charge in [-0.2, -0.15) is 4.98 Å². The van der Waals surface area contributed by atoms with Gasteiger partial charge in [-0.1, -0.05) is 64.7 Å². The van der Waals surface area contributed by atoms with E-state index in [-0.39, 0.29) is 24.7 Å². The number of ether oxygens (including phenoxy) is 1. The Morgan fingerprint density at radius 2 is 1.71 bits per heavy atom. The van der Waals surface area contributed by atoms with Crippen LogP contribution in [0.15, 0.2) is 27.8 Å². The lowest BCUT2D eigenvalue weighted by atomic mass is 10.1. The zero-order valence-electron chi connectivity index (χ0n) is 22.6. The topological polar surface area (TPSA) is 142 Å². The zero-order chi connectivity index (χ0) is 27.2. The first-order valence-corrected chi connectivity index (χ1v) is 14.1. The molecule has 0 saturated heterocycles. The number of nitrogens with one attached hydrogen (secondary N) is 2. The van der Waals surface area contributed by atoms with E-state index in [4.69, 9.17) is 9.84 Å². The highest BCUT2D eigenvalue weighted by Crippen LogP contribution is 2.24. The average Bonchev–Trinajstić information content (AvgIpc) is 2.91. The van der Waals surface area contributed by atoms with Crippen LogP contribution in [0.1, 0.15) is 77.6 Å². The lowest BCUT2D eigenvalue weighted by Crippen LogP contribution is -2.29. The number of hydrogen-bond acceptors (Lipinski definition) is 8. The third kappa shape index (κ3) is 9.18. The van der Waals surface area contributed by atoms with Crippen LogP contribution in [0.3, 0.4) is 0 Å². The van der Waals surface area contributed by atoms with E-state index < -0.39 is 17.4 Å². The van der Waals surface area contributed by atoms with Crippen LogP contribution in [0.25, 0.3) is 22.6 Å². The average molecular weight is 530 g/mol. The predicted molar refractivity (Wildman–Crippen MR) is 150 cm³/mol. The van der Waals surface area contributed by atoms with E-state index in [0.717, 1.165) is 24.2 Å². The molecular formula is C28H43N5O5. The van der Waals surface area contributed by atoms with Crippen LogP contribution in [-0.2, 0) is 11.3 Å². The van der Waals surface area contributed by atoms with E-state index in [1.807, 2.05) is 22.8 Å². The van der Waals surface area contributed by atoms with Crippen molar-refractivity contribution in [3.8, 4) is 11.5 Å². The number of aliphatic hydroxyl groups excluding tert-OH is 2. The van der Waals surface area contributed by atoms with E-state index in [9.17, 15) is 14.7 Å². The minimum Gasteiger partial charge on any atom is -0.394 e. The van der Waals surface area contributed by atoms with Gasteiger partial charge in [0.15, 0.2) is 11.5 Å². The number of aliphatic hydroxyl groups is 2. The summed E-state index contributed by atoms with van der Waals surface area (Å²) in [7, 11) is 0. The van der Waals surface area contributed by atoms with Gasteiger partial charge < -0.3 is 24.8 Å². The van der Waals surface area contributed by atoms with Gasteiger partial charge in [0, 0.05) is 25.4 Å². The van der Waals surface area contributed by atoms with Crippen LogP contribution in [0, 0.1) is 0 Å². The molecule has 0 aromatic heterocycles. The maximum absolute atomic E-state index is 12.4. The number of rotatable bonds is 19. The van der Waals surface area contributed by atoms with Crippen LogP contribution in [0.5, 0.6) is 0 Å². The summed E-state index contributed by atoms with van der Waals surface area (Å²) in [5, 5.41) is 21.9. The van der Waals surface area contributed by atoms with Crippen molar-refractivity contribution in [2.45, 2.75) is 90.2 Å². The summed E-state index contributed by atoms with van der Waals surface area (Å²) >= 11 is 0. The molecule has 1 unspecified atom stereocenters. The molecule has 1 aromatic carbocycles. The minimum atomic E-state index is -0.919. The number of anilines is 1. The first-order chi connectivity index (χ1) is 18.5. The maximum atomic E-state index is 12.4. The summed E-state index contributed by atoms with van der Waals surface area (Å²) < 4.78 is 7.25. The fraction of sp³-hybridized carbons (Fsp3) is 0.643. The summed E-state index contributed by atoms with van der Waals surface area (Å²) in [5.41, 5.74) is 1.16. The number of nitrogens with zero attached hydrogens (tertiary/aromatic N) is 3. The molecule has 210 valence electrons. The van der Waals surface area contributed by atoms with Crippen molar-refractivity contribution in [3.05, 3.63) is 39.0 Å². The Kier molecular flexibility index (Phi) is 12.7. The Morgan fingerprint density at radius 3 is 2.42 bits per heavy atom. The highest BCUT2D eigenvalue weighted by Gasteiger charge is 2.19. The van der Waals surface area contributed by atoms with Gasteiger partial charge in [-0.15, -0.1) is 0 Å². The molecule has 0 spiro atoms. The second-order valence-electron chi connectivity index (χ2n) is 9.88. The maximum Gasteiger partial charge on any atom is 0.349 e. The largest absolute Gasteiger partial charge is 0.394 e. The van der Waals surface area contributed by atoms with E-state index in [1.165, 1.54) is 57.8 Å². The number of unbranched alkanes of at least 4 members (excludes halogenated alkanes) is 9. The van der Waals surface area contributed by atoms with Gasteiger partial charge in [0.2, 0.25) is 0 Å². The standard InChI is InChI=1S/C28H43N5O5/c1-2-3-4-5-6-7-8-9-10-11-15-29-21-13-14-23-24(18-21)33(16-12-17-38-20-22(35)19-34)26-25(30-23)27(36)32-28(37)31-26/h13-14,18,22,29,34-35H,2-12,15-17,19-20H2,1H3,(H,32,36,37). The van der Waals surface area contributed by atoms with E-state index in [2.05, 4.69) is 27.2 Å². The summed E-state index contributed by atoms with van der Waals surface area (Å²) in [5.74, 6) is 0.230. The van der Waals surface area contributed by atoms with Crippen molar-refractivity contribution in [1.29, 1.82) is 0 Å². The number of aryl methyl sites for hydroxylation is 1. The van der Waals surface area contributed by atoms with E-state index in [1.54, 1.807) is 0 Å². The van der Waals surface area contributed by atoms with Gasteiger partial charge in [-0.05, 0) is 31.0 Å². The number of aromatic amines is 1. The molecule has 38 heavy (non-hydrogen) atoms. The first kappa shape index (κ1) is 29.7. The van der Waals surface area contributed by atoms with Crippen LogP contribution < -0.4 is 16.6 Å². The molecule has 1 atom stereocenters.